The molecular formula is C24H23ClN2O4. The molecule has 0 spiro atoms. The third-order valence-corrected chi connectivity index (χ3v) is 6.25. The zero-order chi connectivity index (χ0) is 21.4. The van der Waals surface area contributed by atoms with Gasteiger partial charge in [0.25, 0.3) is 0 Å². The van der Waals surface area contributed by atoms with Crippen LogP contribution in [0.15, 0.2) is 51.7 Å². The molecular weight excluding hydrogens is 416 g/mol. The van der Waals surface area contributed by atoms with Crippen molar-refractivity contribution in [2.75, 3.05) is 26.4 Å². The minimum Gasteiger partial charge on any atom is -0.476 e. The van der Waals surface area contributed by atoms with E-state index in [1.807, 2.05) is 41.3 Å². The molecule has 0 radical (unpaired) electrons. The predicted molar refractivity (Wildman–Crippen MR) is 119 cm³/mol. The summed E-state index contributed by atoms with van der Waals surface area (Å²) in [6.45, 7) is 3.37. The van der Waals surface area contributed by atoms with Crippen molar-refractivity contribution in [3.05, 3.63) is 63.5 Å². The van der Waals surface area contributed by atoms with Gasteiger partial charge >= 0.3 is 5.63 Å². The lowest BCUT2D eigenvalue weighted by Gasteiger charge is -2.30. The van der Waals surface area contributed by atoms with E-state index in [2.05, 4.69) is 4.90 Å². The first-order valence-corrected chi connectivity index (χ1v) is 11.0. The summed E-state index contributed by atoms with van der Waals surface area (Å²) in [4.78, 5) is 28.3. The summed E-state index contributed by atoms with van der Waals surface area (Å²) >= 11 is 6.57. The van der Waals surface area contributed by atoms with Crippen molar-refractivity contribution >= 4 is 28.5 Å². The Morgan fingerprint density at radius 1 is 1.06 bits per heavy atom. The summed E-state index contributed by atoms with van der Waals surface area (Å²) in [6, 6.07) is 13.1. The van der Waals surface area contributed by atoms with Gasteiger partial charge in [-0.2, -0.15) is 0 Å². The second kappa shape index (κ2) is 8.36. The Bertz CT molecular complexity index is 1190. The minimum absolute atomic E-state index is 0.244. The van der Waals surface area contributed by atoms with Crippen LogP contribution in [0.1, 0.15) is 24.8 Å². The maximum absolute atomic E-state index is 12.4. The lowest BCUT2D eigenvalue weighted by atomic mass is 9.99. The summed E-state index contributed by atoms with van der Waals surface area (Å²) in [6.07, 6.45) is 2.47. The van der Waals surface area contributed by atoms with Crippen molar-refractivity contribution < 1.29 is 13.9 Å². The maximum Gasteiger partial charge on any atom is 0.336 e. The number of halogens is 1. The van der Waals surface area contributed by atoms with Gasteiger partial charge in [-0.3, -0.25) is 9.69 Å². The van der Waals surface area contributed by atoms with E-state index in [1.165, 1.54) is 6.07 Å². The molecule has 2 aromatic carbocycles. The maximum atomic E-state index is 12.4. The van der Waals surface area contributed by atoms with Gasteiger partial charge in [0, 0.05) is 44.1 Å². The van der Waals surface area contributed by atoms with Crippen molar-refractivity contribution in [2.45, 2.75) is 25.8 Å². The van der Waals surface area contributed by atoms with Crippen LogP contribution in [0, 0.1) is 0 Å². The fourth-order valence-corrected chi connectivity index (χ4v) is 4.74. The second-order valence-corrected chi connectivity index (χ2v) is 8.46. The van der Waals surface area contributed by atoms with Crippen molar-refractivity contribution in [1.82, 2.24) is 9.80 Å². The van der Waals surface area contributed by atoms with E-state index in [0.29, 0.717) is 36.1 Å². The number of fused-ring (bicyclic) bond motifs is 3. The quantitative estimate of drug-likeness (QED) is 0.556. The van der Waals surface area contributed by atoms with Gasteiger partial charge in [-0.1, -0.05) is 41.9 Å². The van der Waals surface area contributed by atoms with Crippen LogP contribution in [0.3, 0.4) is 0 Å². The zero-order valence-corrected chi connectivity index (χ0v) is 17.9. The fraction of sp³-hybridized carbons (Fsp3) is 0.333. The van der Waals surface area contributed by atoms with Crippen LogP contribution in [-0.2, 0) is 11.3 Å². The molecule has 1 amide bonds. The van der Waals surface area contributed by atoms with Crippen molar-refractivity contribution in [3.63, 3.8) is 0 Å². The first kappa shape index (κ1) is 20.1. The first-order chi connectivity index (χ1) is 15.1. The van der Waals surface area contributed by atoms with Gasteiger partial charge in [0.2, 0.25) is 5.91 Å². The van der Waals surface area contributed by atoms with E-state index in [0.717, 1.165) is 54.6 Å². The third kappa shape index (κ3) is 3.93. The molecule has 0 N–H and O–H groups in total. The minimum atomic E-state index is -0.402. The van der Waals surface area contributed by atoms with Crippen LogP contribution in [0.5, 0.6) is 5.75 Å². The Labute approximate surface area is 185 Å². The zero-order valence-electron chi connectivity index (χ0n) is 17.1. The molecule has 0 aliphatic carbocycles. The molecule has 6 nitrogen and oxygen atoms in total. The van der Waals surface area contributed by atoms with E-state index in [-0.39, 0.29) is 5.91 Å². The number of benzene rings is 2. The molecule has 3 aromatic rings. The lowest BCUT2D eigenvalue weighted by Crippen LogP contribution is -2.35. The van der Waals surface area contributed by atoms with Crippen LogP contribution in [0.2, 0.25) is 5.02 Å². The summed E-state index contributed by atoms with van der Waals surface area (Å²) in [5.41, 5.74) is 2.63. The highest BCUT2D eigenvalue weighted by Crippen LogP contribution is 2.41. The molecule has 1 aromatic heterocycles. The number of carbonyl (C=O) groups excluding carboxylic acids is 1. The van der Waals surface area contributed by atoms with E-state index in [4.69, 9.17) is 20.8 Å². The molecule has 5 rings (SSSR count). The number of likely N-dealkylation sites (tertiary alicyclic amines) is 1. The topological polar surface area (TPSA) is 63.0 Å². The average molecular weight is 439 g/mol. The number of amides is 1. The Hall–Kier alpha value is -2.83. The summed E-state index contributed by atoms with van der Waals surface area (Å²) < 4.78 is 11.6. The van der Waals surface area contributed by atoms with Crippen LogP contribution in [0.25, 0.3) is 22.1 Å². The van der Waals surface area contributed by atoms with Gasteiger partial charge in [-0.15, -0.1) is 0 Å². The molecule has 0 atom stereocenters. The number of carbonyl (C=O) groups is 1. The van der Waals surface area contributed by atoms with Crippen LogP contribution in [-0.4, -0.2) is 42.1 Å². The van der Waals surface area contributed by atoms with Crippen LogP contribution >= 0.6 is 11.6 Å². The Kier molecular flexibility index (Phi) is 5.42. The molecule has 3 heterocycles. The first-order valence-electron chi connectivity index (χ1n) is 10.6. The van der Waals surface area contributed by atoms with Crippen LogP contribution < -0.4 is 10.4 Å². The molecule has 2 aliphatic heterocycles. The highest BCUT2D eigenvalue weighted by atomic mass is 35.5. The molecule has 7 heteroatoms. The van der Waals surface area contributed by atoms with Crippen LogP contribution in [0.4, 0.5) is 0 Å². The molecule has 2 aliphatic rings. The summed E-state index contributed by atoms with van der Waals surface area (Å²) in [5.74, 6) is 0.821. The number of ether oxygens (including phenoxy) is 1. The standard InChI is InChI=1S/C24H23ClN2O4/c25-20-12-18-17(16-6-2-1-3-7-16)13-22(29)31-23(18)19-14-26(15-30-24(19)20)9-5-11-27-10-4-8-21(27)28/h1-3,6-7,12-13H,4-5,8-11,14-15H2. The summed E-state index contributed by atoms with van der Waals surface area (Å²) in [5, 5.41) is 1.30. The highest BCUT2D eigenvalue weighted by molar-refractivity contribution is 6.33. The fourth-order valence-electron chi connectivity index (χ4n) is 4.46. The highest BCUT2D eigenvalue weighted by Gasteiger charge is 2.26. The third-order valence-electron chi connectivity index (χ3n) is 5.97. The molecule has 0 saturated carbocycles. The summed E-state index contributed by atoms with van der Waals surface area (Å²) in [7, 11) is 0. The average Bonchev–Trinajstić information content (AvgIpc) is 3.19. The van der Waals surface area contributed by atoms with Crippen molar-refractivity contribution in [3.8, 4) is 16.9 Å². The Balaban J connectivity index is 1.45. The van der Waals surface area contributed by atoms with Gasteiger partial charge in [0.1, 0.15) is 18.1 Å². The Morgan fingerprint density at radius 2 is 1.90 bits per heavy atom. The molecule has 0 unspecified atom stereocenters. The van der Waals surface area contributed by atoms with Gasteiger partial charge in [-0.05, 0) is 30.0 Å². The largest absolute Gasteiger partial charge is 0.476 e. The van der Waals surface area contributed by atoms with E-state index in [9.17, 15) is 9.59 Å². The SMILES string of the molecule is O=C1CCCN1CCCN1COc2c(Cl)cc3c(-c4ccccc4)cc(=O)oc3c2C1. The van der Waals surface area contributed by atoms with E-state index >= 15 is 0 Å². The molecule has 1 saturated heterocycles. The number of nitrogens with zero attached hydrogens (tertiary/aromatic N) is 2. The van der Waals surface area contributed by atoms with Crippen molar-refractivity contribution in [1.29, 1.82) is 0 Å². The predicted octanol–water partition coefficient (Wildman–Crippen LogP) is 4.28. The van der Waals surface area contributed by atoms with E-state index < -0.39 is 5.63 Å². The number of hydrogen-bond donors (Lipinski definition) is 0. The molecule has 160 valence electrons. The van der Waals surface area contributed by atoms with Gasteiger partial charge in [0.05, 0.1) is 10.6 Å². The second-order valence-electron chi connectivity index (χ2n) is 8.05. The van der Waals surface area contributed by atoms with Gasteiger partial charge in [-0.25, -0.2) is 4.79 Å². The molecule has 1 fully saturated rings. The number of rotatable bonds is 5. The monoisotopic (exact) mass is 438 g/mol. The van der Waals surface area contributed by atoms with E-state index in [1.54, 1.807) is 0 Å². The Morgan fingerprint density at radius 3 is 2.68 bits per heavy atom. The smallest absolute Gasteiger partial charge is 0.336 e. The lowest BCUT2D eigenvalue weighted by molar-refractivity contribution is -0.127. The van der Waals surface area contributed by atoms with Crippen molar-refractivity contribution in [2.24, 2.45) is 0 Å². The molecule has 31 heavy (non-hydrogen) atoms. The normalized spacial score (nSPS) is 16.5. The van der Waals surface area contributed by atoms with Gasteiger partial charge in [0.15, 0.2) is 0 Å². The molecule has 0 bridgehead atoms. The number of hydrogen-bond acceptors (Lipinski definition) is 5. The van der Waals surface area contributed by atoms with Gasteiger partial charge < -0.3 is 14.1 Å².